The highest BCUT2D eigenvalue weighted by atomic mass is 16.5. The second-order valence-corrected chi connectivity index (χ2v) is 7.16. The van der Waals surface area contributed by atoms with Crippen molar-refractivity contribution in [2.24, 2.45) is 0 Å². The first kappa shape index (κ1) is 17.9. The van der Waals surface area contributed by atoms with Gasteiger partial charge in [0.15, 0.2) is 0 Å². The predicted octanol–water partition coefficient (Wildman–Crippen LogP) is 3.93. The number of rotatable bonds is 3. The molecule has 148 valence electrons. The fraction of sp³-hybridized carbons (Fsp3) is 0.0909. The van der Waals surface area contributed by atoms with Gasteiger partial charge in [-0.3, -0.25) is 4.79 Å². The van der Waals surface area contributed by atoms with E-state index in [0.717, 1.165) is 11.1 Å². The predicted molar refractivity (Wildman–Crippen MR) is 114 cm³/mol. The highest BCUT2D eigenvalue weighted by Crippen LogP contribution is 2.28. The summed E-state index contributed by atoms with van der Waals surface area (Å²) in [6.07, 6.45) is 0. The summed E-state index contributed by atoms with van der Waals surface area (Å²) in [6.45, 7) is 3.78. The minimum Gasteiger partial charge on any atom is -0.335 e. The maximum absolute atomic E-state index is 13.2. The number of nitrogens with zero attached hydrogens (tertiary/aromatic N) is 2. The standard InChI is InChI=1S/C22H17N5O3/c1-11-3-5-13(6-4-11)17-10-15(19-12(2)27-30-21(19)24-17)20(28)23-14-7-8-16-18(9-14)26-22(29)25-16/h3-10H,1-2H3,(H,23,28)(H2,25,26,29). The Morgan fingerprint density at radius 3 is 2.57 bits per heavy atom. The number of hydrogen-bond donors (Lipinski definition) is 3. The van der Waals surface area contributed by atoms with E-state index in [1.165, 1.54) is 0 Å². The minimum atomic E-state index is -0.320. The molecule has 0 unspecified atom stereocenters. The molecule has 5 aromatic rings. The van der Waals surface area contributed by atoms with Gasteiger partial charge >= 0.3 is 5.69 Å². The van der Waals surface area contributed by atoms with Crippen LogP contribution in [0, 0.1) is 13.8 Å². The molecule has 0 bridgehead atoms. The number of hydrogen-bond acceptors (Lipinski definition) is 5. The number of pyridine rings is 1. The summed E-state index contributed by atoms with van der Waals surface area (Å²) >= 11 is 0. The van der Waals surface area contributed by atoms with Crippen molar-refractivity contribution < 1.29 is 9.32 Å². The van der Waals surface area contributed by atoms with Crippen molar-refractivity contribution in [1.82, 2.24) is 20.1 Å². The topological polar surface area (TPSA) is 117 Å². The van der Waals surface area contributed by atoms with Gasteiger partial charge < -0.3 is 19.8 Å². The molecule has 0 atom stereocenters. The maximum Gasteiger partial charge on any atom is 0.323 e. The van der Waals surface area contributed by atoms with Crippen molar-refractivity contribution in [3.8, 4) is 11.3 Å². The van der Waals surface area contributed by atoms with Crippen LogP contribution in [0.4, 0.5) is 5.69 Å². The van der Waals surface area contributed by atoms with Crippen LogP contribution in [-0.2, 0) is 0 Å². The van der Waals surface area contributed by atoms with E-state index in [0.29, 0.717) is 44.8 Å². The van der Waals surface area contributed by atoms with E-state index in [2.05, 4.69) is 25.4 Å². The number of carbonyl (C=O) groups excluding carboxylic acids is 1. The Morgan fingerprint density at radius 2 is 1.77 bits per heavy atom. The normalized spacial score (nSPS) is 11.3. The van der Waals surface area contributed by atoms with E-state index in [1.807, 2.05) is 31.2 Å². The van der Waals surface area contributed by atoms with E-state index in [9.17, 15) is 9.59 Å². The molecule has 0 fully saturated rings. The fourth-order valence-electron chi connectivity index (χ4n) is 3.45. The van der Waals surface area contributed by atoms with Crippen LogP contribution in [0.2, 0.25) is 0 Å². The van der Waals surface area contributed by atoms with E-state index in [1.54, 1.807) is 31.2 Å². The van der Waals surface area contributed by atoms with Crippen molar-refractivity contribution in [2.75, 3.05) is 5.32 Å². The first-order valence-electron chi connectivity index (χ1n) is 9.35. The molecule has 0 aliphatic rings. The molecule has 8 nitrogen and oxygen atoms in total. The van der Waals surface area contributed by atoms with Crippen molar-refractivity contribution in [3.05, 3.63) is 75.8 Å². The Kier molecular flexibility index (Phi) is 3.99. The second kappa shape index (κ2) is 6.70. The van der Waals surface area contributed by atoms with Crippen LogP contribution >= 0.6 is 0 Å². The van der Waals surface area contributed by atoms with Crippen LogP contribution < -0.4 is 11.0 Å². The molecule has 2 aromatic carbocycles. The molecule has 3 aromatic heterocycles. The molecule has 3 heterocycles. The summed E-state index contributed by atoms with van der Waals surface area (Å²) < 4.78 is 5.35. The van der Waals surface area contributed by atoms with Gasteiger partial charge in [0, 0.05) is 11.3 Å². The largest absolute Gasteiger partial charge is 0.335 e. The summed E-state index contributed by atoms with van der Waals surface area (Å²) in [7, 11) is 0. The number of carbonyl (C=O) groups is 1. The number of aromatic nitrogens is 4. The number of amides is 1. The number of anilines is 1. The van der Waals surface area contributed by atoms with E-state index < -0.39 is 0 Å². The number of aryl methyl sites for hydroxylation is 2. The van der Waals surface area contributed by atoms with Gasteiger partial charge in [-0.1, -0.05) is 35.0 Å². The molecule has 30 heavy (non-hydrogen) atoms. The van der Waals surface area contributed by atoms with Crippen LogP contribution in [0.15, 0.2) is 57.8 Å². The van der Waals surface area contributed by atoms with Gasteiger partial charge in [0.1, 0.15) is 0 Å². The number of imidazole rings is 1. The van der Waals surface area contributed by atoms with Crippen LogP contribution in [0.25, 0.3) is 33.4 Å². The summed E-state index contributed by atoms with van der Waals surface area (Å²) in [4.78, 5) is 34.5. The molecule has 1 amide bonds. The fourth-order valence-corrected chi connectivity index (χ4v) is 3.45. The summed E-state index contributed by atoms with van der Waals surface area (Å²) in [5.41, 5.74) is 5.46. The molecule has 0 saturated heterocycles. The van der Waals surface area contributed by atoms with Gasteiger partial charge in [-0.2, -0.15) is 0 Å². The molecule has 0 aliphatic heterocycles. The monoisotopic (exact) mass is 399 g/mol. The zero-order valence-electron chi connectivity index (χ0n) is 16.2. The van der Waals surface area contributed by atoms with Crippen molar-refractivity contribution in [2.45, 2.75) is 13.8 Å². The molecule has 0 radical (unpaired) electrons. The molecule has 0 spiro atoms. The van der Waals surface area contributed by atoms with Crippen LogP contribution in [-0.4, -0.2) is 26.0 Å². The smallest absolute Gasteiger partial charge is 0.323 e. The molecular formula is C22H17N5O3. The van der Waals surface area contributed by atoms with Crippen LogP contribution in [0.3, 0.4) is 0 Å². The number of H-pyrrole nitrogens is 2. The Labute approximate surface area is 169 Å². The third-order valence-electron chi connectivity index (χ3n) is 4.98. The third-order valence-corrected chi connectivity index (χ3v) is 4.98. The van der Waals surface area contributed by atoms with Crippen molar-refractivity contribution >= 4 is 33.7 Å². The van der Waals surface area contributed by atoms with Gasteiger partial charge in [0.2, 0.25) is 0 Å². The molecule has 0 aliphatic carbocycles. The number of benzene rings is 2. The SMILES string of the molecule is Cc1ccc(-c2cc(C(=O)Nc3ccc4[nH]c(=O)[nH]c4c3)c3c(C)noc3n2)cc1. The minimum absolute atomic E-state index is 0.299. The third kappa shape index (κ3) is 3.04. The zero-order chi connectivity index (χ0) is 20.8. The quantitative estimate of drug-likeness (QED) is 0.425. The first-order chi connectivity index (χ1) is 14.5. The molecular weight excluding hydrogens is 382 g/mol. The Morgan fingerprint density at radius 1 is 1.00 bits per heavy atom. The highest BCUT2D eigenvalue weighted by molar-refractivity contribution is 6.13. The van der Waals surface area contributed by atoms with E-state index in [-0.39, 0.29) is 11.6 Å². The molecule has 8 heteroatoms. The summed E-state index contributed by atoms with van der Waals surface area (Å²) in [5.74, 6) is -0.320. The van der Waals surface area contributed by atoms with E-state index >= 15 is 0 Å². The maximum atomic E-state index is 13.2. The Bertz CT molecular complexity index is 1470. The van der Waals surface area contributed by atoms with Crippen LogP contribution in [0.5, 0.6) is 0 Å². The average molecular weight is 399 g/mol. The second-order valence-electron chi connectivity index (χ2n) is 7.16. The Hall–Kier alpha value is -4.20. The molecule has 5 rings (SSSR count). The number of fused-ring (bicyclic) bond motifs is 2. The van der Waals surface area contributed by atoms with Gasteiger partial charge in [-0.15, -0.1) is 0 Å². The highest BCUT2D eigenvalue weighted by Gasteiger charge is 2.19. The average Bonchev–Trinajstić information content (AvgIpc) is 3.29. The first-order valence-corrected chi connectivity index (χ1v) is 9.35. The van der Waals surface area contributed by atoms with Gasteiger partial charge in [-0.05, 0) is 38.1 Å². The molecule has 3 N–H and O–H groups in total. The van der Waals surface area contributed by atoms with Gasteiger partial charge in [0.05, 0.1) is 33.4 Å². The van der Waals surface area contributed by atoms with E-state index in [4.69, 9.17) is 4.52 Å². The zero-order valence-corrected chi connectivity index (χ0v) is 16.2. The lowest BCUT2D eigenvalue weighted by Gasteiger charge is -2.09. The lowest BCUT2D eigenvalue weighted by atomic mass is 10.0. The summed E-state index contributed by atoms with van der Waals surface area (Å²) in [6, 6.07) is 14.8. The number of aromatic amines is 2. The lowest BCUT2D eigenvalue weighted by molar-refractivity contribution is 0.102. The Balaban J connectivity index is 1.58. The lowest BCUT2D eigenvalue weighted by Crippen LogP contribution is -2.13. The van der Waals surface area contributed by atoms with Crippen molar-refractivity contribution in [3.63, 3.8) is 0 Å². The van der Waals surface area contributed by atoms with Crippen LogP contribution in [0.1, 0.15) is 21.6 Å². The number of nitrogens with one attached hydrogen (secondary N) is 3. The van der Waals surface area contributed by atoms with Gasteiger partial charge in [-0.25, -0.2) is 9.78 Å². The molecule has 0 saturated carbocycles. The van der Waals surface area contributed by atoms with Crippen molar-refractivity contribution in [1.29, 1.82) is 0 Å². The summed E-state index contributed by atoms with van der Waals surface area (Å²) in [5, 5.41) is 7.43. The van der Waals surface area contributed by atoms with Gasteiger partial charge in [0.25, 0.3) is 11.6 Å².